The smallest absolute Gasteiger partial charge is 0.221 e. The second-order valence-electron chi connectivity index (χ2n) is 4.63. The molecule has 0 aliphatic heterocycles. The van der Waals surface area contributed by atoms with Crippen LogP contribution in [0.5, 0.6) is 0 Å². The van der Waals surface area contributed by atoms with Crippen LogP contribution in [0.15, 0.2) is 0 Å². The van der Waals surface area contributed by atoms with Crippen LogP contribution in [0, 0.1) is 17.8 Å². The number of carbonyl (C=O) groups excluding carboxylic acids is 1. The van der Waals surface area contributed by atoms with Crippen LogP contribution < -0.4 is 11.1 Å². The predicted octanol–water partition coefficient (Wildman–Crippen LogP) is 1.13. The molecule has 0 saturated heterocycles. The number of hydrogen-bond acceptors (Lipinski definition) is 2. The van der Waals surface area contributed by atoms with Gasteiger partial charge < -0.3 is 11.1 Å². The average Bonchev–Trinajstić information content (AvgIpc) is 2.51. The van der Waals surface area contributed by atoms with Gasteiger partial charge >= 0.3 is 0 Å². The van der Waals surface area contributed by atoms with Crippen LogP contribution in [0.4, 0.5) is 0 Å². The van der Waals surface area contributed by atoms with Gasteiger partial charge in [-0.3, -0.25) is 4.79 Å². The normalized spacial score (nSPS) is 29.0. The third kappa shape index (κ3) is 3.29. The van der Waals surface area contributed by atoms with E-state index in [0.717, 1.165) is 24.9 Å². The minimum absolute atomic E-state index is 0.0493. The summed E-state index contributed by atoms with van der Waals surface area (Å²) in [5.41, 5.74) is 5.18. The van der Waals surface area contributed by atoms with E-state index in [2.05, 4.69) is 12.2 Å². The van der Waals surface area contributed by atoms with E-state index in [1.54, 1.807) is 0 Å². The maximum absolute atomic E-state index is 10.8. The Labute approximate surface area is 86.4 Å². The zero-order valence-electron chi connectivity index (χ0n) is 9.25. The maximum atomic E-state index is 10.8. The zero-order chi connectivity index (χ0) is 10.6. The van der Waals surface area contributed by atoms with E-state index >= 15 is 0 Å². The van der Waals surface area contributed by atoms with Crippen molar-refractivity contribution in [2.75, 3.05) is 13.1 Å². The van der Waals surface area contributed by atoms with E-state index in [0.29, 0.717) is 0 Å². The summed E-state index contributed by atoms with van der Waals surface area (Å²) in [6.07, 6.45) is 4.05. The first-order valence-electron chi connectivity index (χ1n) is 5.61. The second kappa shape index (κ2) is 5.35. The van der Waals surface area contributed by atoms with Crippen molar-refractivity contribution < 1.29 is 4.79 Å². The summed E-state index contributed by atoms with van der Waals surface area (Å²) >= 11 is 0. The lowest BCUT2D eigenvalue weighted by Crippen LogP contribution is -2.34. The highest BCUT2D eigenvalue weighted by atomic mass is 16.1. The number of rotatable bonds is 5. The monoisotopic (exact) mass is 198 g/mol. The second-order valence-corrected chi connectivity index (χ2v) is 4.63. The Balaban J connectivity index is 2.11. The Kier molecular flexibility index (Phi) is 4.39. The Morgan fingerprint density at radius 2 is 2.29 bits per heavy atom. The molecule has 0 radical (unpaired) electrons. The summed E-state index contributed by atoms with van der Waals surface area (Å²) < 4.78 is 0. The number of carbonyl (C=O) groups is 1. The first-order chi connectivity index (χ1) is 6.61. The van der Waals surface area contributed by atoms with E-state index in [1.807, 2.05) is 6.92 Å². The summed E-state index contributed by atoms with van der Waals surface area (Å²) in [6, 6.07) is 0. The van der Waals surface area contributed by atoms with Crippen molar-refractivity contribution in [1.82, 2.24) is 5.32 Å². The lowest BCUT2D eigenvalue weighted by Gasteiger charge is -2.17. The molecule has 1 rings (SSSR count). The Morgan fingerprint density at radius 1 is 1.57 bits per heavy atom. The standard InChI is InChI=1S/C11H22N2O/c1-8-4-3-5-10(8)7-13-6-9(2)11(12)14/h8-10,13H,3-7H2,1-2H3,(H2,12,14). The van der Waals surface area contributed by atoms with E-state index in [1.165, 1.54) is 19.3 Å². The molecule has 0 spiro atoms. The van der Waals surface area contributed by atoms with Gasteiger partial charge in [0.2, 0.25) is 5.91 Å². The summed E-state index contributed by atoms with van der Waals surface area (Å²) in [4.78, 5) is 10.8. The highest BCUT2D eigenvalue weighted by Gasteiger charge is 2.22. The van der Waals surface area contributed by atoms with Gasteiger partial charge in [0.05, 0.1) is 0 Å². The van der Waals surface area contributed by atoms with Crippen molar-refractivity contribution in [3.8, 4) is 0 Å². The molecule has 0 aromatic carbocycles. The van der Waals surface area contributed by atoms with E-state index in [4.69, 9.17) is 5.73 Å². The molecule has 0 bridgehead atoms. The fourth-order valence-electron chi connectivity index (χ4n) is 2.11. The number of nitrogens with two attached hydrogens (primary N) is 1. The van der Waals surface area contributed by atoms with Crippen molar-refractivity contribution in [3.63, 3.8) is 0 Å². The van der Waals surface area contributed by atoms with Crippen LogP contribution in [-0.2, 0) is 4.79 Å². The molecular formula is C11H22N2O. The van der Waals surface area contributed by atoms with Crippen LogP contribution >= 0.6 is 0 Å². The third-order valence-electron chi connectivity index (χ3n) is 3.38. The highest BCUT2D eigenvalue weighted by Crippen LogP contribution is 2.30. The molecule has 1 aliphatic rings. The Bertz CT molecular complexity index is 194. The Morgan fingerprint density at radius 3 is 2.79 bits per heavy atom. The highest BCUT2D eigenvalue weighted by molar-refractivity contribution is 5.76. The minimum atomic E-state index is -0.211. The van der Waals surface area contributed by atoms with Gasteiger partial charge in [-0.2, -0.15) is 0 Å². The zero-order valence-corrected chi connectivity index (χ0v) is 9.25. The van der Waals surface area contributed by atoms with Crippen molar-refractivity contribution >= 4 is 5.91 Å². The van der Waals surface area contributed by atoms with Gasteiger partial charge in [-0.25, -0.2) is 0 Å². The molecule has 3 unspecified atom stereocenters. The molecule has 14 heavy (non-hydrogen) atoms. The third-order valence-corrected chi connectivity index (χ3v) is 3.38. The molecule has 82 valence electrons. The number of nitrogens with one attached hydrogen (secondary N) is 1. The lowest BCUT2D eigenvalue weighted by molar-refractivity contribution is -0.121. The summed E-state index contributed by atoms with van der Waals surface area (Å²) in [6.45, 7) is 5.95. The number of primary amides is 1. The molecule has 0 aromatic heterocycles. The van der Waals surface area contributed by atoms with Gasteiger partial charge in [-0.05, 0) is 24.8 Å². The van der Waals surface area contributed by atoms with E-state index in [9.17, 15) is 4.79 Å². The summed E-state index contributed by atoms with van der Waals surface area (Å²) in [5, 5.41) is 3.34. The molecule has 0 aromatic rings. The van der Waals surface area contributed by atoms with Crippen molar-refractivity contribution in [1.29, 1.82) is 0 Å². The maximum Gasteiger partial charge on any atom is 0.221 e. The fourth-order valence-corrected chi connectivity index (χ4v) is 2.11. The molecule has 3 N–H and O–H groups in total. The molecule has 3 heteroatoms. The lowest BCUT2D eigenvalue weighted by atomic mass is 9.98. The van der Waals surface area contributed by atoms with Gasteiger partial charge in [0.15, 0.2) is 0 Å². The largest absolute Gasteiger partial charge is 0.369 e. The quantitative estimate of drug-likeness (QED) is 0.696. The molecule has 1 aliphatic carbocycles. The Hall–Kier alpha value is -0.570. The summed E-state index contributed by atoms with van der Waals surface area (Å²) in [5.74, 6) is 1.38. The first-order valence-corrected chi connectivity index (χ1v) is 5.61. The number of amides is 1. The average molecular weight is 198 g/mol. The van der Waals surface area contributed by atoms with E-state index in [-0.39, 0.29) is 11.8 Å². The van der Waals surface area contributed by atoms with Gasteiger partial charge in [0.25, 0.3) is 0 Å². The molecule has 3 atom stereocenters. The van der Waals surface area contributed by atoms with Gasteiger partial charge in [-0.1, -0.05) is 26.7 Å². The van der Waals surface area contributed by atoms with Crippen LogP contribution in [0.1, 0.15) is 33.1 Å². The molecule has 1 fully saturated rings. The van der Waals surface area contributed by atoms with E-state index < -0.39 is 0 Å². The predicted molar refractivity (Wildman–Crippen MR) is 57.7 cm³/mol. The summed E-state index contributed by atoms with van der Waals surface area (Å²) in [7, 11) is 0. The van der Waals surface area contributed by atoms with Crippen LogP contribution in [-0.4, -0.2) is 19.0 Å². The first kappa shape index (κ1) is 11.5. The molecule has 1 amide bonds. The van der Waals surface area contributed by atoms with Crippen LogP contribution in [0.2, 0.25) is 0 Å². The molecule has 3 nitrogen and oxygen atoms in total. The SMILES string of the molecule is CC(CNCC1CCCC1C)C(N)=O. The fraction of sp³-hybridized carbons (Fsp3) is 0.909. The van der Waals surface area contributed by atoms with Crippen molar-refractivity contribution in [2.45, 2.75) is 33.1 Å². The van der Waals surface area contributed by atoms with Gasteiger partial charge in [0.1, 0.15) is 0 Å². The van der Waals surface area contributed by atoms with Crippen molar-refractivity contribution in [2.24, 2.45) is 23.5 Å². The molecule has 0 heterocycles. The molecule has 1 saturated carbocycles. The number of hydrogen-bond donors (Lipinski definition) is 2. The molecular weight excluding hydrogens is 176 g/mol. The van der Waals surface area contributed by atoms with Crippen LogP contribution in [0.25, 0.3) is 0 Å². The minimum Gasteiger partial charge on any atom is -0.369 e. The van der Waals surface area contributed by atoms with Crippen LogP contribution in [0.3, 0.4) is 0 Å². The van der Waals surface area contributed by atoms with Gasteiger partial charge in [0, 0.05) is 12.5 Å². The van der Waals surface area contributed by atoms with Crippen molar-refractivity contribution in [3.05, 3.63) is 0 Å². The topological polar surface area (TPSA) is 55.1 Å². The van der Waals surface area contributed by atoms with Gasteiger partial charge in [-0.15, -0.1) is 0 Å².